The molecule has 144 valence electrons. The predicted octanol–water partition coefficient (Wildman–Crippen LogP) is 0.144. The van der Waals surface area contributed by atoms with E-state index in [0.717, 1.165) is 16.5 Å². The van der Waals surface area contributed by atoms with E-state index in [1.165, 1.54) is 4.90 Å². The number of aromatic amines is 1. The van der Waals surface area contributed by atoms with Gasteiger partial charge in [-0.25, -0.2) is 0 Å². The van der Waals surface area contributed by atoms with Crippen molar-refractivity contribution in [2.45, 2.75) is 6.42 Å². The number of rotatable bonds is 7. The van der Waals surface area contributed by atoms with Crippen LogP contribution >= 0.6 is 0 Å². The van der Waals surface area contributed by atoms with Gasteiger partial charge in [0.15, 0.2) is 0 Å². The lowest BCUT2D eigenvalue weighted by molar-refractivity contribution is -0.146. The number of para-hydroxylation sites is 1. The molecule has 1 aliphatic heterocycles. The molecule has 0 aliphatic carbocycles. The van der Waals surface area contributed by atoms with Crippen LogP contribution in [0, 0.1) is 0 Å². The number of methoxy groups -OCH3 is 1. The molecule has 1 aliphatic rings. The quantitative estimate of drug-likeness (QED) is 0.676. The maximum absolute atomic E-state index is 12.6. The Morgan fingerprint density at radius 1 is 1.26 bits per heavy atom. The van der Waals surface area contributed by atoms with E-state index in [1.807, 2.05) is 30.5 Å². The van der Waals surface area contributed by atoms with Gasteiger partial charge in [-0.15, -0.1) is 0 Å². The molecule has 8 nitrogen and oxygen atoms in total. The smallest absolute Gasteiger partial charge is 0.242 e. The second-order valence-electron chi connectivity index (χ2n) is 6.51. The summed E-state index contributed by atoms with van der Waals surface area (Å²) in [5, 5.41) is 3.71. The molecule has 2 heterocycles. The van der Waals surface area contributed by atoms with Gasteiger partial charge in [-0.3, -0.25) is 14.4 Å². The number of ether oxygens (including phenoxy) is 1. The summed E-state index contributed by atoms with van der Waals surface area (Å²) >= 11 is 0. The third kappa shape index (κ3) is 4.65. The van der Waals surface area contributed by atoms with Crippen LogP contribution < -0.4 is 5.32 Å². The highest BCUT2D eigenvalue weighted by molar-refractivity contribution is 5.92. The van der Waals surface area contributed by atoms with Gasteiger partial charge in [0.1, 0.15) is 0 Å². The highest BCUT2D eigenvalue weighted by atomic mass is 16.5. The van der Waals surface area contributed by atoms with Crippen LogP contribution in [-0.4, -0.2) is 78.9 Å². The van der Waals surface area contributed by atoms with E-state index in [0.29, 0.717) is 26.2 Å². The number of hydrogen-bond donors (Lipinski definition) is 2. The van der Waals surface area contributed by atoms with Crippen molar-refractivity contribution in [2.75, 3.05) is 46.4 Å². The Morgan fingerprint density at radius 2 is 2.07 bits per heavy atom. The van der Waals surface area contributed by atoms with Crippen molar-refractivity contribution in [3.8, 4) is 0 Å². The zero-order valence-electron chi connectivity index (χ0n) is 15.4. The number of carbonyl (C=O) groups is 3. The number of nitrogens with zero attached hydrogens (tertiary/aromatic N) is 2. The maximum atomic E-state index is 12.6. The average molecular weight is 372 g/mol. The van der Waals surface area contributed by atoms with Crippen LogP contribution in [0.25, 0.3) is 10.9 Å². The zero-order valence-corrected chi connectivity index (χ0v) is 15.4. The number of amides is 3. The number of nitrogens with one attached hydrogen (secondary N) is 2. The summed E-state index contributed by atoms with van der Waals surface area (Å²) in [4.78, 5) is 43.0. The van der Waals surface area contributed by atoms with Crippen molar-refractivity contribution in [1.29, 1.82) is 0 Å². The van der Waals surface area contributed by atoms with Crippen molar-refractivity contribution in [2.24, 2.45) is 0 Å². The Kier molecular flexibility index (Phi) is 6.08. The van der Waals surface area contributed by atoms with Crippen molar-refractivity contribution in [3.63, 3.8) is 0 Å². The van der Waals surface area contributed by atoms with Gasteiger partial charge in [0.25, 0.3) is 0 Å². The predicted molar refractivity (Wildman–Crippen MR) is 100 cm³/mol. The van der Waals surface area contributed by atoms with E-state index in [-0.39, 0.29) is 37.2 Å². The monoisotopic (exact) mass is 372 g/mol. The summed E-state index contributed by atoms with van der Waals surface area (Å²) in [5.41, 5.74) is 1.91. The van der Waals surface area contributed by atoms with Crippen LogP contribution in [0.15, 0.2) is 30.5 Å². The van der Waals surface area contributed by atoms with Gasteiger partial charge >= 0.3 is 0 Å². The van der Waals surface area contributed by atoms with Crippen LogP contribution in [0.3, 0.4) is 0 Å². The molecule has 3 amide bonds. The summed E-state index contributed by atoms with van der Waals surface area (Å²) in [7, 11) is 1.56. The highest BCUT2D eigenvalue weighted by Gasteiger charge is 2.28. The van der Waals surface area contributed by atoms with Crippen LogP contribution in [0.5, 0.6) is 0 Å². The number of aromatic nitrogens is 1. The summed E-state index contributed by atoms with van der Waals surface area (Å²) in [5.74, 6) is -0.522. The molecule has 8 heteroatoms. The second-order valence-corrected chi connectivity index (χ2v) is 6.51. The molecule has 1 aromatic heterocycles. The normalized spacial score (nSPS) is 14.6. The van der Waals surface area contributed by atoms with Crippen LogP contribution in [0.4, 0.5) is 0 Å². The van der Waals surface area contributed by atoms with Gasteiger partial charge in [0.05, 0.1) is 26.1 Å². The molecule has 0 saturated carbocycles. The molecule has 27 heavy (non-hydrogen) atoms. The molecule has 1 saturated heterocycles. The van der Waals surface area contributed by atoms with Gasteiger partial charge in [0, 0.05) is 43.8 Å². The van der Waals surface area contributed by atoms with E-state index in [2.05, 4.69) is 10.3 Å². The molecule has 2 aromatic rings. The molecule has 0 bridgehead atoms. The highest BCUT2D eigenvalue weighted by Crippen LogP contribution is 2.19. The minimum absolute atomic E-state index is 0.00649. The van der Waals surface area contributed by atoms with Crippen molar-refractivity contribution in [1.82, 2.24) is 20.1 Å². The third-order valence-corrected chi connectivity index (χ3v) is 4.65. The minimum atomic E-state index is -0.223. The number of fused-ring (bicyclic) bond motifs is 1. The molecule has 3 rings (SSSR count). The first-order chi connectivity index (χ1) is 13.1. The van der Waals surface area contributed by atoms with Crippen molar-refractivity contribution in [3.05, 3.63) is 36.0 Å². The number of benzene rings is 1. The Hall–Kier alpha value is -2.87. The molecule has 0 atom stereocenters. The first-order valence-electron chi connectivity index (χ1n) is 8.94. The van der Waals surface area contributed by atoms with Gasteiger partial charge in [0.2, 0.25) is 17.7 Å². The van der Waals surface area contributed by atoms with Gasteiger partial charge < -0.3 is 24.8 Å². The lowest BCUT2D eigenvalue weighted by atomic mass is 10.1. The minimum Gasteiger partial charge on any atom is -0.383 e. The summed E-state index contributed by atoms with van der Waals surface area (Å²) in [6.07, 6.45) is 2.08. The Bertz CT molecular complexity index is 832. The zero-order chi connectivity index (χ0) is 19.2. The molecule has 0 radical (unpaired) electrons. The van der Waals surface area contributed by atoms with E-state index < -0.39 is 0 Å². The standard InChI is InChI=1S/C19H24N4O4/c1-27-9-6-20-17(24)12-22-7-8-23(13-19(22)26)18(25)10-14-11-21-16-5-3-2-4-15(14)16/h2-5,11,21H,6-10,12-13H2,1H3,(H,20,24). The van der Waals surface area contributed by atoms with Gasteiger partial charge in [-0.1, -0.05) is 18.2 Å². The van der Waals surface area contributed by atoms with E-state index in [1.54, 1.807) is 12.0 Å². The fourth-order valence-corrected chi connectivity index (χ4v) is 3.16. The Labute approximate surface area is 157 Å². The fourth-order valence-electron chi connectivity index (χ4n) is 3.16. The van der Waals surface area contributed by atoms with Crippen molar-refractivity contribution >= 4 is 28.6 Å². The number of hydrogen-bond acceptors (Lipinski definition) is 4. The Balaban J connectivity index is 1.52. The molecule has 0 unspecified atom stereocenters. The molecule has 1 fully saturated rings. The lowest BCUT2D eigenvalue weighted by Crippen LogP contribution is -2.54. The molecule has 0 spiro atoms. The second kappa shape index (κ2) is 8.68. The maximum Gasteiger partial charge on any atom is 0.242 e. The number of carbonyl (C=O) groups excluding carboxylic acids is 3. The summed E-state index contributed by atoms with van der Waals surface area (Å²) in [6.45, 7) is 1.64. The first kappa shape index (κ1) is 18.9. The fraction of sp³-hybridized carbons (Fsp3) is 0.421. The Morgan fingerprint density at radius 3 is 2.85 bits per heavy atom. The molecule has 2 N–H and O–H groups in total. The largest absolute Gasteiger partial charge is 0.383 e. The van der Waals surface area contributed by atoms with Gasteiger partial charge in [-0.2, -0.15) is 0 Å². The van der Waals surface area contributed by atoms with Crippen LogP contribution in [0.1, 0.15) is 5.56 Å². The number of H-pyrrole nitrogens is 1. The van der Waals surface area contributed by atoms with E-state index in [4.69, 9.17) is 4.74 Å². The van der Waals surface area contributed by atoms with Crippen LogP contribution in [-0.2, 0) is 25.5 Å². The van der Waals surface area contributed by atoms with E-state index >= 15 is 0 Å². The molecular weight excluding hydrogens is 348 g/mol. The summed E-state index contributed by atoms with van der Waals surface area (Å²) < 4.78 is 4.87. The van der Waals surface area contributed by atoms with Gasteiger partial charge in [-0.05, 0) is 11.6 Å². The SMILES string of the molecule is COCCNC(=O)CN1CCN(C(=O)Cc2c[nH]c3ccccc23)CC1=O. The summed E-state index contributed by atoms with van der Waals surface area (Å²) in [6, 6.07) is 7.81. The third-order valence-electron chi connectivity index (χ3n) is 4.65. The topological polar surface area (TPSA) is 94.7 Å². The average Bonchev–Trinajstić information content (AvgIpc) is 3.06. The lowest BCUT2D eigenvalue weighted by Gasteiger charge is -2.34. The molecular formula is C19H24N4O4. The van der Waals surface area contributed by atoms with Crippen molar-refractivity contribution < 1.29 is 19.1 Å². The number of piperazine rings is 1. The van der Waals surface area contributed by atoms with E-state index in [9.17, 15) is 14.4 Å². The first-order valence-corrected chi connectivity index (χ1v) is 8.94. The molecule has 1 aromatic carbocycles. The van der Waals surface area contributed by atoms with Crippen LogP contribution in [0.2, 0.25) is 0 Å².